The van der Waals surface area contributed by atoms with Crippen molar-refractivity contribution in [1.29, 1.82) is 0 Å². The summed E-state index contributed by atoms with van der Waals surface area (Å²) in [5.74, 6) is 1.83. The van der Waals surface area contributed by atoms with E-state index in [0.717, 1.165) is 11.3 Å². The molecule has 0 saturated carbocycles. The van der Waals surface area contributed by atoms with Gasteiger partial charge in [0.25, 0.3) is 0 Å². The first-order valence-electron chi connectivity index (χ1n) is 5.98. The van der Waals surface area contributed by atoms with Gasteiger partial charge in [-0.25, -0.2) is 0 Å². The van der Waals surface area contributed by atoms with Crippen LogP contribution in [0.5, 0.6) is 11.8 Å². The van der Waals surface area contributed by atoms with E-state index in [1.54, 1.807) is 14.2 Å². The molecule has 0 amide bonds. The molecule has 0 fully saturated rings. The first-order valence-corrected chi connectivity index (χ1v) is 5.98. The molecule has 19 heavy (non-hydrogen) atoms. The zero-order valence-corrected chi connectivity index (χ0v) is 11.2. The van der Waals surface area contributed by atoms with Crippen LogP contribution >= 0.6 is 0 Å². The fourth-order valence-electron chi connectivity index (χ4n) is 1.53. The highest BCUT2D eigenvalue weighted by atomic mass is 16.5. The molecule has 0 radical (unpaired) electrons. The second-order valence-corrected chi connectivity index (χ2v) is 3.68. The van der Waals surface area contributed by atoms with Gasteiger partial charge in [0, 0.05) is 12.6 Å². The predicted molar refractivity (Wildman–Crippen MR) is 72.5 cm³/mol. The Kier molecular flexibility index (Phi) is 4.12. The van der Waals surface area contributed by atoms with E-state index in [4.69, 9.17) is 9.47 Å². The van der Waals surface area contributed by atoms with Crippen molar-refractivity contribution < 1.29 is 9.47 Å². The number of hydrogen-bond donors (Lipinski definition) is 1. The summed E-state index contributed by atoms with van der Waals surface area (Å²) in [6, 6.07) is 7.82. The number of anilines is 1. The first-order chi connectivity index (χ1) is 9.26. The second kappa shape index (κ2) is 5.99. The van der Waals surface area contributed by atoms with Crippen LogP contribution in [0, 0.1) is 0 Å². The van der Waals surface area contributed by atoms with Crippen molar-refractivity contribution in [3.8, 4) is 23.1 Å². The summed E-state index contributed by atoms with van der Waals surface area (Å²) in [7, 11) is 3.38. The van der Waals surface area contributed by atoms with Gasteiger partial charge in [0.05, 0.1) is 13.7 Å². The van der Waals surface area contributed by atoms with Crippen molar-refractivity contribution in [2.75, 3.05) is 26.1 Å². The molecule has 1 heterocycles. The summed E-state index contributed by atoms with van der Waals surface area (Å²) in [5, 5.41) is 2.89. The molecule has 1 aromatic heterocycles. The molecule has 0 bridgehead atoms. The standard InChI is InChI=1S/C13H16N4O2/c1-4-19-13-16-11(15-12(14-2)17-13)9-5-7-10(18-3)8-6-9/h5-8H,4H2,1-3H3,(H,14,15,16,17). The third kappa shape index (κ3) is 3.09. The van der Waals surface area contributed by atoms with E-state index in [2.05, 4.69) is 20.3 Å². The molecule has 0 spiro atoms. The maximum absolute atomic E-state index is 5.33. The zero-order valence-electron chi connectivity index (χ0n) is 11.2. The van der Waals surface area contributed by atoms with Crippen LogP contribution in [0.4, 0.5) is 5.95 Å². The van der Waals surface area contributed by atoms with Crippen LogP contribution < -0.4 is 14.8 Å². The molecule has 100 valence electrons. The Labute approximate surface area is 111 Å². The highest BCUT2D eigenvalue weighted by molar-refractivity contribution is 5.57. The molecule has 0 aliphatic carbocycles. The van der Waals surface area contributed by atoms with E-state index < -0.39 is 0 Å². The van der Waals surface area contributed by atoms with Crippen LogP contribution in [-0.4, -0.2) is 35.7 Å². The summed E-state index contributed by atoms with van der Waals surface area (Å²) < 4.78 is 10.5. The van der Waals surface area contributed by atoms with E-state index in [9.17, 15) is 0 Å². The van der Waals surface area contributed by atoms with Crippen molar-refractivity contribution in [1.82, 2.24) is 15.0 Å². The summed E-state index contributed by atoms with van der Waals surface area (Å²) in [5.41, 5.74) is 0.876. The van der Waals surface area contributed by atoms with Crippen molar-refractivity contribution in [2.45, 2.75) is 6.92 Å². The Morgan fingerprint density at radius 2 is 1.84 bits per heavy atom. The lowest BCUT2D eigenvalue weighted by atomic mass is 10.2. The molecule has 6 heteroatoms. The van der Waals surface area contributed by atoms with Crippen molar-refractivity contribution >= 4 is 5.95 Å². The van der Waals surface area contributed by atoms with Crippen LogP contribution in [0.15, 0.2) is 24.3 Å². The summed E-state index contributed by atoms with van der Waals surface area (Å²) >= 11 is 0. The van der Waals surface area contributed by atoms with E-state index in [0.29, 0.717) is 24.4 Å². The van der Waals surface area contributed by atoms with Gasteiger partial charge < -0.3 is 14.8 Å². The summed E-state index contributed by atoms with van der Waals surface area (Å²) in [6.45, 7) is 2.39. The Morgan fingerprint density at radius 3 is 2.42 bits per heavy atom. The number of nitrogens with one attached hydrogen (secondary N) is 1. The molecular weight excluding hydrogens is 244 g/mol. The zero-order chi connectivity index (χ0) is 13.7. The number of hydrogen-bond acceptors (Lipinski definition) is 6. The molecule has 2 rings (SSSR count). The molecule has 2 aromatic rings. The van der Waals surface area contributed by atoms with Gasteiger partial charge in [0.15, 0.2) is 5.82 Å². The van der Waals surface area contributed by atoms with Gasteiger partial charge in [-0.05, 0) is 31.2 Å². The first kappa shape index (κ1) is 13.1. The fourth-order valence-corrected chi connectivity index (χ4v) is 1.53. The second-order valence-electron chi connectivity index (χ2n) is 3.68. The van der Waals surface area contributed by atoms with E-state index in [1.807, 2.05) is 31.2 Å². The van der Waals surface area contributed by atoms with Gasteiger partial charge in [-0.1, -0.05) is 0 Å². The number of rotatable bonds is 5. The third-order valence-electron chi connectivity index (χ3n) is 2.46. The van der Waals surface area contributed by atoms with E-state index >= 15 is 0 Å². The normalized spacial score (nSPS) is 10.1. The third-order valence-corrected chi connectivity index (χ3v) is 2.46. The van der Waals surface area contributed by atoms with Gasteiger partial charge in [-0.2, -0.15) is 15.0 Å². The fraction of sp³-hybridized carbons (Fsp3) is 0.308. The number of nitrogens with zero attached hydrogens (tertiary/aromatic N) is 3. The maximum atomic E-state index is 5.33. The van der Waals surface area contributed by atoms with Gasteiger partial charge in [0.1, 0.15) is 5.75 Å². The average molecular weight is 260 g/mol. The van der Waals surface area contributed by atoms with Crippen molar-refractivity contribution in [3.05, 3.63) is 24.3 Å². The lowest BCUT2D eigenvalue weighted by Crippen LogP contribution is -2.05. The van der Waals surface area contributed by atoms with Gasteiger partial charge >= 0.3 is 6.01 Å². The van der Waals surface area contributed by atoms with Crippen LogP contribution in [0.2, 0.25) is 0 Å². The topological polar surface area (TPSA) is 69.2 Å². The van der Waals surface area contributed by atoms with Gasteiger partial charge in [0.2, 0.25) is 5.95 Å². The molecule has 1 N–H and O–H groups in total. The molecule has 0 saturated heterocycles. The minimum atomic E-state index is 0.313. The number of benzene rings is 1. The Hall–Kier alpha value is -2.37. The molecule has 0 unspecified atom stereocenters. The minimum Gasteiger partial charge on any atom is -0.497 e. The van der Waals surface area contributed by atoms with Gasteiger partial charge in [-0.3, -0.25) is 0 Å². The number of ether oxygens (including phenoxy) is 2. The minimum absolute atomic E-state index is 0.313. The smallest absolute Gasteiger partial charge is 0.321 e. The lowest BCUT2D eigenvalue weighted by molar-refractivity contribution is 0.312. The molecule has 0 atom stereocenters. The molecule has 0 aliphatic heterocycles. The number of methoxy groups -OCH3 is 1. The highest BCUT2D eigenvalue weighted by Crippen LogP contribution is 2.21. The maximum Gasteiger partial charge on any atom is 0.321 e. The van der Waals surface area contributed by atoms with Crippen molar-refractivity contribution in [2.24, 2.45) is 0 Å². The quantitative estimate of drug-likeness (QED) is 0.886. The Bertz CT molecular complexity index is 543. The molecular formula is C13H16N4O2. The average Bonchev–Trinajstić information content (AvgIpc) is 2.47. The van der Waals surface area contributed by atoms with E-state index in [-0.39, 0.29) is 0 Å². The van der Waals surface area contributed by atoms with Crippen molar-refractivity contribution in [3.63, 3.8) is 0 Å². The van der Waals surface area contributed by atoms with Crippen LogP contribution in [-0.2, 0) is 0 Å². The summed E-state index contributed by atoms with van der Waals surface area (Å²) in [4.78, 5) is 12.7. The predicted octanol–water partition coefficient (Wildman–Crippen LogP) is 1.99. The lowest BCUT2D eigenvalue weighted by Gasteiger charge is -2.07. The van der Waals surface area contributed by atoms with Crippen LogP contribution in [0.3, 0.4) is 0 Å². The molecule has 1 aromatic carbocycles. The van der Waals surface area contributed by atoms with Crippen LogP contribution in [0.25, 0.3) is 11.4 Å². The Balaban J connectivity index is 2.38. The largest absolute Gasteiger partial charge is 0.497 e. The SMILES string of the molecule is CCOc1nc(NC)nc(-c2ccc(OC)cc2)n1. The molecule has 6 nitrogen and oxygen atoms in total. The Morgan fingerprint density at radius 1 is 1.11 bits per heavy atom. The van der Waals surface area contributed by atoms with Crippen LogP contribution in [0.1, 0.15) is 6.92 Å². The summed E-state index contributed by atoms with van der Waals surface area (Å²) in [6.07, 6.45) is 0. The van der Waals surface area contributed by atoms with Gasteiger partial charge in [-0.15, -0.1) is 0 Å². The monoisotopic (exact) mass is 260 g/mol. The highest BCUT2D eigenvalue weighted by Gasteiger charge is 2.08. The molecule has 0 aliphatic rings. The van der Waals surface area contributed by atoms with E-state index in [1.165, 1.54) is 0 Å². The number of aromatic nitrogens is 3.